The molecule has 0 amide bonds. The highest BCUT2D eigenvalue weighted by atomic mass is 79.9. The average molecular weight is 286 g/mol. The number of rotatable bonds is 6. The molecule has 90 valence electrons. The second-order valence-electron chi connectivity index (χ2n) is 4.33. The minimum absolute atomic E-state index is 0.0104. The molecule has 1 aromatic carbocycles. The summed E-state index contributed by atoms with van der Waals surface area (Å²) in [6.45, 7) is 5.68. The lowest BCUT2D eigenvalue weighted by Crippen LogP contribution is -2.17. The van der Waals surface area contributed by atoms with Gasteiger partial charge in [0.15, 0.2) is 0 Å². The Labute approximate surface area is 106 Å². The highest BCUT2D eigenvalue weighted by Crippen LogP contribution is 2.20. The van der Waals surface area contributed by atoms with E-state index < -0.39 is 0 Å². The summed E-state index contributed by atoms with van der Waals surface area (Å²) in [6, 6.07) is 8.13. The fraction of sp³-hybridized carbons (Fsp3) is 0.538. The van der Waals surface area contributed by atoms with E-state index in [4.69, 9.17) is 10.5 Å². The molecule has 0 bridgehead atoms. The first-order chi connectivity index (χ1) is 7.63. The summed E-state index contributed by atoms with van der Waals surface area (Å²) in [5.74, 6) is 0.668. The number of halogens is 1. The van der Waals surface area contributed by atoms with Crippen LogP contribution in [0.4, 0.5) is 0 Å². The number of nitrogens with two attached hydrogens (primary N) is 1. The van der Waals surface area contributed by atoms with E-state index in [1.807, 2.05) is 12.1 Å². The molecule has 0 fully saturated rings. The lowest BCUT2D eigenvalue weighted by molar-refractivity contribution is 0.0515. The molecule has 16 heavy (non-hydrogen) atoms. The first kappa shape index (κ1) is 13.7. The Morgan fingerprint density at radius 2 is 2.12 bits per heavy atom. The monoisotopic (exact) mass is 285 g/mol. The molecule has 3 heteroatoms. The Morgan fingerprint density at radius 3 is 2.69 bits per heavy atom. The maximum absolute atomic E-state index is 5.80. The second kappa shape index (κ2) is 7.05. The SMILES string of the molecule is CC(C)CCOC(CN)c1cccc(Br)c1. The van der Waals surface area contributed by atoms with Gasteiger partial charge in [0.25, 0.3) is 0 Å². The summed E-state index contributed by atoms with van der Waals surface area (Å²) in [5.41, 5.74) is 6.87. The van der Waals surface area contributed by atoms with Crippen LogP contribution in [0.25, 0.3) is 0 Å². The first-order valence-corrected chi connectivity index (χ1v) is 6.50. The van der Waals surface area contributed by atoms with Crippen LogP contribution in [0, 0.1) is 5.92 Å². The smallest absolute Gasteiger partial charge is 0.0947 e. The van der Waals surface area contributed by atoms with Crippen molar-refractivity contribution in [1.82, 2.24) is 0 Å². The predicted octanol–water partition coefficient (Wildman–Crippen LogP) is 3.51. The van der Waals surface area contributed by atoms with Gasteiger partial charge in [-0.15, -0.1) is 0 Å². The molecular weight excluding hydrogens is 266 g/mol. The molecule has 0 spiro atoms. The van der Waals surface area contributed by atoms with Crippen molar-refractivity contribution in [2.24, 2.45) is 11.7 Å². The van der Waals surface area contributed by atoms with Crippen molar-refractivity contribution in [2.75, 3.05) is 13.2 Å². The topological polar surface area (TPSA) is 35.2 Å². The van der Waals surface area contributed by atoms with Gasteiger partial charge in [-0.2, -0.15) is 0 Å². The lowest BCUT2D eigenvalue weighted by Gasteiger charge is -2.17. The van der Waals surface area contributed by atoms with Crippen molar-refractivity contribution in [2.45, 2.75) is 26.4 Å². The molecular formula is C13H20BrNO. The van der Waals surface area contributed by atoms with Crippen LogP contribution < -0.4 is 5.73 Å². The van der Waals surface area contributed by atoms with Crippen LogP contribution in [0.2, 0.25) is 0 Å². The Hall–Kier alpha value is -0.380. The zero-order valence-corrected chi connectivity index (χ0v) is 11.5. The summed E-state index contributed by atoms with van der Waals surface area (Å²) in [6.07, 6.45) is 1.08. The van der Waals surface area contributed by atoms with E-state index in [0.717, 1.165) is 23.1 Å². The number of hydrogen-bond donors (Lipinski definition) is 1. The standard InChI is InChI=1S/C13H20BrNO/c1-10(2)6-7-16-13(9-15)11-4-3-5-12(14)8-11/h3-5,8,10,13H,6-7,9,15H2,1-2H3. The minimum Gasteiger partial charge on any atom is -0.372 e. The molecule has 1 aromatic rings. The van der Waals surface area contributed by atoms with Crippen molar-refractivity contribution < 1.29 is 4.74 Å². The Kier molecular flexibility index (Phi) is 6.03. The minimum atomic E-state index is 0.0104. The van der Waals surface area contributed by atoms with Gasteiger partial charge in [0, 0.05) is 17.6 Å². The fourth-order valence-corrected chi connectivity index (χ4v) is 1.87. The molecule has 1 rings (SSSR count). The third-order valence-electron chi connectivity index (χ3n) is 2.45. The van der Waals surface area contributed by atoms with Gasteiger partial charge in [-0.25, -0.2) is 0 Å². The molecule has 0 aliphatic rings. The van der Waals surface area contributed by atoms with Gasteiger partial charge in [0.05, 0.1) is 6.10 Å². The molecule has 0 aliphatic carbocycles. The molecule has 1 atom stereocenters. The van der Waals surface area contributed by atoms with Crippen molar-refractivity contribution in [3.63, 3.8) is 0 Å². The molecule has 1 unspecified atom stereocenters. The number of hydrogen-bond acceptors (Lipinski definition) is 2. The Morgan fingerprint density at radius 1 is 1.38 bits per heavy atom. The quantitative estimate of drug-likeness (QED) is 0.868. The van der Waals surface area contributed by atoms with E-state index >= 15 is 0 Å². The zero-order valence-electron chi connectivity index (χ0n) is 9.95. The van der Waals surface area contributed by atoms with Crippen molar-refractivity contribution >= 4 is 15.9 Å². The molecule has 0 radical (unpaired) electrons. The van der Waals surface area contributed by atoms with Crippen LogP contribution in [0.1, 0.15) is 31.9 Å². The average Bonchev–Trinajstić information content (AvgIpc) is 2.24. The van der Waals surface area contributed by atoms with Crippen LogP contribution in [-0.4, -0.2) is 13.2 Å². The van der Waals surface area contributed by atoms with Crippen LogP contribution in [-0.2, 0) is 4.74 Å². The summed E-state index contributed by atoms with van der Waals surface area (Å²) in [5, 5.41) is 0. The van der Waals surface area contributed by atoms with Crippen molar-refractivity contribution in [1.29, 1.82) is 0 Å². The number of benzene rings is 1. The van der Waals surface area contributed by atoms with Crippen molar-refractivity contribution in [3.8, 4) is 0 Å². The van der Waals surface area contributed by atoms with E-state index in [1.54, 1.807) is 0 Å². The summed E-state index contributed by atoms with van der Waals surface area (Å²) < 4.78 is 6.86. The summed E-state index contributed by atoms with van der Waals surface area (Å²) in [7, 11) is 0. The van der Waals surface area contributed by atoms with E-state index in [0.29, 0.717) is 12.5 Å². The van der Waals surface area contributed by atoms with Gasteiger partial charge >= 0.3 is 0 Å². The molecule has 2 nitrogen and oxygen atoms in total. The van der Waals surface area contributed by atoms with Gasteiger partial charge in [0.1, 0.15) is 0 Å². The fourth-order valence-electron chi connectivity index (χ4n) is 1.45. The molecule has 0 heterocycles. The third-order valence-corrected chi connectivity index (χ3v) is 2.94. The zero-order chi connectivity index (χ0) is 12.0. The summed E-state index contributed by atoms with van der Waals surface area (Å²) in [4.78, 5) is 0. The molecule has 0 saturated heterocycles. The Balaban J connectivity index is 2.53. The van der Waals surface area contributed by atoms with Gasteiger partial charge in [0.2, 0.25) is 0 Å². The highest BCUT2D eigenvalue weighted by molar-refractivity contribution is 9.10. The predicted molar refractivity (Wildman–Crippen MR) is 71.3 cm³/mol. The van der Waals surface area contributed by atoms with E-state index in [1.165, 1.54) is 0 Å². The molecule has 0 aliphatic heterocycles. The lowest BCUT2D eigenvalue weighted by atomic mass is 10.1. The highest BCUT2D eigenvalue weighted by Gasteiger charge is 2.10. The van der Waals surface area contributed by atoms with Gasteiger partial charge < -0.3 is 10.5 Å². The van der Waals surface area contributed by atoms with Gasteiger partial charge in [-0.05, 0) is 30.0 Å². The number of ether oxygens (including phenoxy) is 1. The Bertz CT molecular complexity index is 315. The van der Waals surface area contributed by atoms with E-state index in [-0.39, 0.29) is 6.10 Å². The molecule has 0 saturated carbocycles. The first-order valence-electron chi connectivity index (χ1n) is 5.70. The molecule has 0 aromatic heterocycles. The van der Waals surface area contributed by atoms with Gasteiger partial charge in [-0.3, -0.25) is 0 Å². The normalized spacial score (nSPS) is 13.1. The van der Waals surface area contributed by atoms with Crippen molar-refractivity contribution in [3.05, 3.63) is 34.3 Å². The molecule has 2 N–H and O–H groups in total. The third kappa shape index (κ3) is 4.64. The van der Waals surface area contributed by atoms with Gasteiger partial charge in [-0.1, -0.05) is 41.9 Å². The largest absolute Gasteiger partial charge is 0.372 e. The maximum Gasteiger partial charge on any atom is 0.0947 e. The second-order valence-corrected chi connectivity index (χ2v) is 5.25. The summed E-state index contributed by atoms with van der Waals surface area (Å²) >= 11 is 3.45. The van der Waals surface area contributed by atoms with E-state index in [9.17, 15) is 0 Å². The van der Waals surface area contributed by atoms with E-state index in [2.05, 4.69) is 41.9 Å². The van der Waals surface area contributed by atoms with Crippen LogP contribution in [0.5, 0.6) is 0 Å². The van der Waals surface area contributed by atoms with Crippen LogP contribution >= 0.6 is 15.9 Å². The van der Waals surface area contributed by atoms with Crippen LogP contribution in [0.15, 0.2) is 28.7 Å². The maximum atomic E-state index is 5.80. The van der Waals surface area contributed by atoms with Crippen LogP contribution in [0.3, 0.4) is 0 Å².